The van der Waals surface area contributed by atoms with E-state index in [1.807, 2.05) is 7.11 Å². The molecule has 220 valence electrons. The first-order valence-corrected chi connectivity index (χ1v) is 18.3. The fourth-order valence-electron chi connectivity index (χ4n) is 12.3. The van der Waals surface area contributed by atoms with Crippen molar-refractivity contribution in [2.24, 2.45) is 47.3 Å². The van der Waals surface area contributed by atoms with Gasteiger partial charge in [-0.2, -0.15) is 0 Å². The molecule has 39 heavy (non-hydrogen) atoms. The Balaban J connectivity index is 0.971. The van der Waals surface area contributed by atoms with Gasteiger partial charge < -0.3 is 4.74 Å². The normalized spacial score (nSPS) is 47.3. The zero-order valence-corrected chi connectivity index (χ0v) is 25.5. The predicted octanol–water partition coefficient (Wildman–Crippen LogP) is 9.57. The highest BCUT2D eigenvalue weighted by Gasteiger charge is 2.53. The molecule has 0 aromatic carbocycles. The van der Waals surface area contributed by atoms with Crippen molar-refractivity contribution >= 4 is 0 Å². The smallest absolute Gasteiger partial charge is 0.0572 e. The van der Waals surface area contributed by atoms with E-state index in [4.69, 9.17) is 4.74 Å². The summed E-state index contributed by atoms with van der Waals surface area (Å²) < 4.78 is 5.75. The first-order chi connectivity index (χ1) is 19.3. The molecule has 0 aromatic rings. The monoisotopic (exact) mass is 535 g/mol. The molecule has 0 radical (unpaired) electrons. The lowest BCUT2D eigenvalue weighted by molar-refractivity contribution is -0.0889. The fourth-order valence-corrected chi connectivity index (χ4v) is 12.3. The number of hydrogen-bond donors (Lipinski definition) is 0. The third-order valence-corrected chi connectivity index (χ3v) is 14.1. The van der Waals surface area contributed by atoms with E-state index in [0.29, 0.717) is 6.10 Å². The van der Waals surface area contributed by atoms with Gasteiger partial charge in [-0.1, -0.05) is 50.7 Å². The van der Waals surface area contributed by atoms with Gasteiger partial charge in [0.1, 0.15) is 0 Å². The predicted molar refractivity (Wildman–Crippen MR) is 163 cm³/mol. The van der Waals surface area contributed by atoms with Gasteiger partial charge in [-0.25, -0.2) is 0 Å². The first-order valence-electron chi connectivity index (χ1n) is 18.3. The van der Waals surface area contributed by atoms with E-state index in [9.17, 15) is 0 Å². The van der Waals surface area contributed by atoms with Crippen LogP contribution in [-0.2, 0) is 4.74 Å². The molecular weight excluding hydrogens is 474 g/mol. The summed E-state index contributed by atoms with van der Waals surface area (Å²) in [6.07, 6.45) is 38.7. The van der Waals surface area contributed by atoms with Crippen LogP contribution in [0.1, 0.15) is 141 Å². The lowest BCUT2D eigenvalue weighted by atomic mass is 9.46. The van der Waals surface area contributed by atoms with Gasteiger partial charge in [0.05, 0.1) is 6.10 Å². The molecule has 0 spiro atoms. The molecule has 7 rings (SSSR count). The van der Waals surface area contributed by atoms with E-state index in [2.05, 4.69) is 17.1 Å². The SMILES string of the molecule is COC1CCC(N(C2CCCCC2)C2CCC(C=CC3CCC4CCC5CCCC6CCC3C4C56)CC2)CC1. The fraction of sp³-hybridized carbons (Fsp3) is 0.946. The number of rotatable bonds is 6. The van der Waals surface area contributed by atoms with E-state index < -0.39 is 0 Å². The molecule has 7 aliphatic carbocycles. The Morgan fingerprint density at radius 3 is 1.77 bits per heavy atom. The number of hydrogen-bond acceptors (Lipinski definition) is 2. The molecule has 7 fully saturated rings. The average molecular weight is 536 g/mol. The summed E-state index contributed by atoms with van der Waals surface area (Å²) >= 11 is 0. The summed E-state index contributed by atoms with van der Waals surface area (Å²) in [6.45, 7) is 0. The third-order valence-electron chi connectivity index (χ3n) is 14.1. The highest BCUT2D eigenvalue weighted by molar-refractivity contribution is 5.07. The zero-order chi connectivity index (χ0) is 26.2. The quantitative estimate of drug-likeness (QED) is 0.314. The molecule has 0 N–H and O–H groups in total. The minimum Gasteiger partial charge on any atom is -0.381 e. The number of methoxy groups -OCH3 is 1. The summed E-state index contributed by atoms with van der Waals surface area (Å²) in [5.41, 5.74) is 0. The van der Waals surface area contributed by atoms with Crippen molar-refractivity contribution in [1.82, 2.24) is 4.90 Å². The highest BCUT2D eigenvalue weighted by atomic mass is 16.5. The van der Waals surface area contributed by atoms with Crippen molar-refractivity contribution in [3.05, 3.63) is 12.2 Å². The number of ether oxygens (including phenoxy) is 1. The molecule has 2 nitrogen and oxygen atoms in total. The van der Waals surface area contributed by atoms with Crippen LogP contribution in [-0.4, -0.2) is 36.2 Å². The minimum atomic E-state index is 0.526. The summed E-state index contributed by atoms with van der Waals surface area (Å²) in [6, 6.07) is 2.57. The van der Waals surface area contributed by atoms with Crippen LogP contribution >= 0.6 is 0 Å². The van der Waals surface area contributed by atoms with Gasteiger partial charge in [-0.3, -0.25) is 4.90 Å². The Labute approximate surface area is 241 Å². The topological polar surface area (TPSA) is 12.5 Å². The van der Waals surface area contributed by atoms with Crippen LogP contribution in [0.15, 0.2) is 12.2 Å². The van der Waals surface area contributed by atoms with Crippen LogP contribution in [0, 0.1) is 47.3 Å². The van der Waals surface area contributed by atoms with E-state index in [0.717, 1.165) is 65.5 Å². The average Bonchev–Trinajstić information content (AvgIpc) is 3.01. The van der Waals surface area contributed by atoms with E-state index in [-0.39, 0.29) is 0 Å². The Morgan fingerprint density at radius 2 is 1.08 bits per heavy atom. The van der Waals surface area contributed by atoms with Crippen LogP contribution in [0.25, 0.3) is 0 Å². The Hall–Kier alpha value is -0.340. The standard InChI is InChI=1S/C37H61NO/c1-39-34-23-21-33(22-24-34)38(31-8-3-2-4-9-31)32-19-11-26(12-20-32)10-13-27-14-15-30-17-16-28-6-5-7-29-18-25-35(27)37(30)36(28)29/h10,13,26-37H,2-9,11-12,14-25H2,1H3. The molecule has 0 bridgehead atoms. The van der Waals surface area contributed by atoms with Crippen molar-refractivity contribution in [3.63, 3.8) is 0 Å². The van der Waals surface area contributed by atoms with Crippen molar-refractivity contribution < 1.29 is 4.74 Å². The van der Waals surface area contributed by atoms with Gasteiger partial charge in [0, 0.05) is 25.2 Å². The zero-order valence-electron chi connectivity index (χ0n) is 25.5. The summed E-state index contributed by atoms with van der Waals surface area (Å²) in [7, 11) is 1.93. The maximum atomic E-state index is 5.75. The van der Waals surface area contributed by atoms with Crippen molar-refractivity contribution in [2.75, 3.05) is 7.11 Å². The molecule has 7 unspecified atom stereocenters. The lowest BCUT2D eigenvalue weighted by Crippen LogP contribution is -2.52. The van der Waals surface area contributed by atoms with E-state index in [1.54, 1.807) is 51.4 Å². The van der Waals surface area contributed by atoms with Gasteiger partial charge in [0.2, 0.25) is 0 Å². The molecule has 7 aliphatic rings. The highest BCUT2D eigenvalue weighted by Crippen LogP contribution is 2.61. The Kier molecular flexibility index (Phi) is 8.80. The third kappa shape index (κ3) is 5.70. The van der Waals surface area contributed by atoms with Gasteiger partial charge >= 0.3 is 0 Å². The second-order valence-corrected chi connectivity index (χ2v) is 15.8. The largest absolute Gasteiger partial charge is 0.381 e. The van der Waals surface area contributed by atoms with Gasteiger partial charge in [-0.15, -0.1) is 0 Å². The molecule has 7 atom stereocenters. The molecule has 0 aromatic heterocycles. The van der Waals surface area contributed by atoms with Crippen molar-refractivity contribution in [2.45, 2.75) is 165 Å². The van der Waals surface area contributed by atoms with Gasteiger partial charge in [-0.05, 0) is 150 Å². The second kappa shape index (κ2) is 12.5. The van der Waals surface area contributed by atoms with E-state index in [1.165, 1.54) is 89.9 Å². The van der Waals surface area contributed by atoms with Crippen LogP contribution in [0.4, 0.5) is 0 Å². The maximum absolute atomic E-state index is 5.75. The minimum absolute atomic E-state index is 0.526. The van der Waals surface area contributed by atoms with Crippen LogP contribution in [0.5, 0.6) is 0 Å². The molecular formula is C37H61NO. The first kappa shape index (κ1) is 27.5. The molecule has 7 saturated carbocycles. The summed E-state index contributed by atoms with van der Waals surface area (Å²) in [4.78, 5) is 3.13. The Bertz CT molecular complexity index is 794. The van der Waals surface area contributed by atoms with Crippen LogP contribution in [0.2, 0.25) is 0 Å². The molecule has 0 heterocycles. The van der Waals surface area contributed by atoms with Gasteiger partial charge in [0.15, 0.2) is 0 Å². The number of allylic oxidation sites excluding steroid dienone is 2. The second-order valence-electron chi connectivity index (χ2n) is 15.8. The molecule has 0 aliphatic heterocycles. The maximum Gasteiger partial charge on any atom is 0.0572 e. The van der Waals surface area contributed by atoms with E-state index >= 15 is 0 Å². The Morgan fingerprint density at radius 1 is 0.487 bits per heavy atom. The van der Waals surface area contributed by atoms with Crippen molar-refractivity contribution in [3.8, 4) is 0 Å². The molecule has 2 heteroatoms. The lowest BCUT2D eigenvalue weighted by Gasteiger charge is -2.59. The molecule has 0 amide bonds. The summed E-state index contributed by atoms with van der Waals surface area (Å²) in [5.74, 6) is 8.39. The molecule has 0 saturated heterocycles. The van der Waals surface area contributed by atoms with Gasteiger partial charge in [0.25, 0.3) is 0 Å². The van der Waals surface area contributed by atoms with Crippen molar-refractivity contribution in [1.29, 1.82) is 0 Å². The summed E-state index contributed by atoms with van der Waals surface area (Å²) in [5, 5.41) is 0. The van der Waals surface area contributed by atoms with Crippen LogP contribution in [0.3, 0.4) is 0 Å². The van der Waals surface area contributed by atoms with Crippen LogP contribution < -0.4 is 0 Å². The number of nitrogens with zero attached hydrogens (tertiary/aromatic N) is 1.